The summed E-state index contributed by atoms with van der Waals surface area (Å²) in [4.78, 5) is 12.1. The van der Waals surface area contributed by atoms with Crippen molar-refractivity contribution in [2.45, 2.75) is 0 Å². The van der Waals surface area contributed by atoms with Crippen LogP contribution in [0.3, 0.4) is 0 Å². The fraction of sp³-hybridized carbons (Fsp3) is 0. The molecular formula is C7H3BrClN3. The van der Waals surface area contributed by atoms with Gasteiger partial charge in [0.1, 0.15) is 10.7 Å². The average Bonchev–Trinajstić information content (AvgIpc) is 2.04. The van der Waals surface area contributed by atoms with Gasteiger partial charge in [-0.05, 0) is 22.0 Å². The Labute approximate surface area is 81.9 Å². The van der Waals surface area contributed by atoms with Crippen LogP contribution in [-0.2, 0) is 0 Å². The van der Waals surface area contributed by atoms with Crippen molar-refractivity contribution in [1.82, 2.24) is 15.0 Å². The number of halogens is 2. The molecule has 3 nitrogen and oxygen atoms in total. The topological polar surface area (TPSA) is 38.7 Å². The van der Waals surface area contributed by atoms with Gasteiger partial charge in [0.2, 0.25) is 0 Å². The molecule has 0 amide bonds. The quantitative estimate of drug-likeness (QED) is 0.714. The Bertz CT molecular complexity index is 432. The minimum Gasteiger partial charge on any atom is -0.248 e. The van der Waals surface area contributed by atoms with Crippen molar-refractivity contribution >= 4 is 38.7 Å². The number of aromatic nitrogens is 3. The van der Waals surface area contributed by atoms with E-state index in [1.807, 2.05) is 6.07 Å². The first-order valence-corrected chi connectivity index (χ1v) is 4.37. The highest BCUT2D eigenvalue weighted by Gasteiger charge is 2.01. The van der Waals surface area contributed by atoms with E-state index in [9.17, 15) is 0 Å². The molecular weight excluding hydrogens is 241 g/mol. The van der Waals surface area contributed by atoms with Gasteiger partial charge in [0.15, 0.2) is 5.65 Å². The van der Waals surface area contributed by atoms with Gasteiger partial charge >= 0.3 is 0 Å². The molecule has 0 aliphatic heterocycles. The third-order valence-electron chi connectivity index (χ3n) is 1.37. The van der Waals surface area contributed by atoms with Gasteiger partial charge < -0.3 is 0 Å². The largest absolute Gasteiger partial charge is 0.248 e. The Kier molecular flexibility index (Phi) is 1.94. The molecule has 0 radical (unpaired) electrons. The van der Waals surface area contributed by atoms with Crippen molar-refractivity contribution in [3.8, 4) is 0 Å². The molecule has 5 heteroatoms. The molecule has 2 aromatic heterocycles. The highest BCUT2D eigenvalue weighted by Crippen LogP contribution is 2.18. The Morgan fingerprint density at radius 3 is 3.00 bits per heavy atom. The summed E-state index contributed by atoms with van der Waals surface area (Å²) in [6.45, 7) is 0. The summed E-state index contributed by atoms with van der Waals surface area (Å²) in [6, 6.07) is 1.81. The first-order chi connectivity index (χ1) is 5.77. The van der Waals surface area contributed by atoms with Crippen molar-refractivity contribution in [3.63, 3.8) is 0 Å². The third kappa shape index (κ3) is 1.28. The smallest absolute Gasteiger partial charge is 0.180 e. The SMILES string of the molecule is Clc1cnc2c(Br)ccnc2n1. The van der Waals surface area contributed by atoms with Crippen molar-refractivity contribution in [3.05, 3.63) is 28.1 Å². The monoisotopic (exact) mass is 243 g/mol. The molecule has 0 spiro atoms. The molecule has 0 fully saturated rings. The lowest BCUT2D eigenvalue weighted by Crippen LogP contribution is -1.87. The number of hydrogen-bond donors (Lipinski definition) is 0. The summed E-state index contributed by atoms with van der Waals surface area (Å²) < 4.78 is 0.872. The predicted molar refractivity (Wildman–Crippen MR) is 50.0 cm³/mol. The molecule has 0 bridgehead atoms. The van der Waals surface area contributed by atoms with Crippen molar-refractivity contribution < 1.29 is 0 Å². The third-order valence-corrected chi connectivity index (χ3v) is 2.19. The van der Waals surface area contributed by atoms with Crippen LogP contribution in [0.1, 0.15) is 0 Å². The van der Waals surface area contributed by atoms with Crippen LogP contribution in [0.4, 0.5) is 0 Å². The maximum atomic E-state index is 5.64. The second-order valence-electron chi connectivity index (χ2n) is 2.16. The highest BCUT2D eigenvalue weighted by atomic mass is 79.9. The Hall–Kier alpha value is -0.740. The fourth-order valence-electron chi connectivity index (χ4n) is 0.869. The van der Waals surface area contributed by atoms with Gasteiger partial charge in [-0.2, -0.15) is 0 Å². The molecule has 2 rings (SSSR count). The van der Waals surface area contributed by atoms with E-state index in [2.05, 4.69) is 30.9 Å². The Morgan fingerprint density at radius 1 is 1.33 bits per heavy atom. The number of fused-ring (bicyclic) bond motifs is 1. The second kappa shape index (κ2) is 2.95. The summed E-state index contributed by atoms with van der Waals surface area (Å²) in [5, 5.41) is 0.355. The van der Waals surface area contributed by atoms with E-state index < -0.39 is 0 Å². The number of nitrogens with zero attached hydrogens (tertiary/aromatic N) is 3. The van der Waals surface area contributed by atoms with Gasteiger partial charge in [-0.25, -0.2) is 15.0 Å². The van der Waals surface area contributed by atoms with Crippen LogP contribution in [0, 0.1) is 0 Å². The molecule has 0 atom stereocenters. The average molecular weight is 244 g/mol. The van der Waals surface area contributed by atoms with Crippen molar-refractivity contribution in [1.29, 1.82) is 0 Å². The van der Waals surface area contributed by atoms with E-state index in [-0.39, 0.29) is 0 Å². The van der Waals surface area contributed by atoms with Crippen LogP contribution in [0.25, 0.3) is 11.2 Å². The normalized spacial score (nSPS) is 10.5. The zero-order valence-corrected chi connectivity index (χ0v) is 8.17. The maximum Gasteiger partial charge on any atom is 0.180 e. The lowest BCUT2D eigenvalue weighted by Gasteiger charge is -1.96. The number of hydrogen-bond acceptors (Lipinski definition) is 3. The first kappa shape index (κ1) is 7.89. The second-order valence-corrected chi connectivity index (χ2v) is 3.40. The molecule has 60 valence electrons. The van der Waals surface area contributed by atoms with Gasteiger partial charge in [-0.3, -0.25) is 0 Å². The van der Waals surface area contributed by atoms with Crippen molar-refractivity contribution in [2.24, 2.45) is 0 Å². The van der Waals surface area contributed by atoms with E-state index in [1.165, 1.54) is 6.20 Å². The molecule has 0 N–H and O–H groups in total. The van der Waals surface area contributed by atoms with Crippen LogP contribution in [0.5, 0.6) is 0 Å². The minimum absolute atomic E-state index is 0.355. The van der Waals surface area contributed by atoms with Gasteiger partial charge in [-0.15, -0.1) is 0 Å². The Morgan fingerprint density at radius 2 is 2.17 bits per heavy atom. The highest BCUT2D eigenvalue weighted by molar-refractivity contribution is 9.10. The Balaban J connectivity index is 2.86. The van der Waals surface area contributed by atoms with Crippen LogP contribution >= 0.6 is 27.5 Å². The summed E-state index contributed by atoms with van der Waals surface area (Å²) in [5.74, 6) is 0. The molecule has 2 heterocycles. The lowest BCUT2D eigenvalue weighted by molar-refractivity contribution is 1.22. The van der Waals surface area contributed by atoms with Crippen LogP contribution in [0.15, 0.2) is 22.9 Å². The van der Waals surface area contributed by atoms with Crippen molar-refractivity contribution in [2.75, 3.05) is 0 Å². The van der Waals surface area contributed by atoms with E-state index in [0.29, 0.717) is 10.8 Å². The molecule has 0 unspecified atom stereocenters. The molecule has 2 aromatic rings. The molecule has 0 saturated carbocycles. The molecule has 12 heavy (non-hydrogen) atoms. The first-order valence-electron chi connectivity index (χ1n) is 3.20. The maximum absolute atomic E-state index is 5.64. The van der Waals surface area contributed by atoms with E-state index in [4.69, 9.17) is 11.6 Å². The van der Waals surface area contributed by atoms with E-state index >= 15 is 0 Å². The summed E-state index contributed by atoms with van der Waals surface area (Å²) in [7, 11) is 0. The van der Waals surface area contributed by atoms with Gasteiger partial charge in [-0.1, -0.05) is 11.6 Å². The van der Waals surface area contributed by atoms with Gasteiger partial charge in [0.05, 0.1) is 6.20 Å². The molecule has 0 aromatic carbocycles. The molecule has 0 saturated heterocycles. The van der Waals surface area contributed by atoms with E-state index in [1.54, 1.807) is 6.20 Å². The predicted octanol–water partition coefficient (Wildman–Crippen LogP) is 2.44. The van der Waals surface area contributed by atoms with Gasteiger partial charge in [0, 0.05) is 10.7 Å². The molecule has 0 aliphatic rings. The zero-order chi connectivity index (χ0) is 8.55. The standard InChI is InChI=1S/C7H3BrClN3/c8-4-1-2-10-7-6(4)11-3-5(9)12-7/h1-3H. The summed E-state index contributed by atoms with van der Waals surface area (Å²) in [6.07, 6.45) is 3.15. The lowest BCUT2D eigenvalue weighted by atomic mass is 10.4. The van der Waals surface area contributed by atoms with Crippen LogP contribution in [-0.4, -0.2) is 15.0 Å². The molecule has 0 aliphatic carbocycles. The van der Waals surface area contributed by atoms with Crippen LogP contribution in [0.2, 0.25) is 5.15 Å². The van der Waals surface area contributed by atoms with Gasteiger partial charge in [0.25, 0.3) is 0 Å². The van der Waals surface area contributed by atoms with Crippen LogP contribution < -0.4 is 0 Å². The summed E-state index contributed by atoms with van der Waals surface area (Å²) in [5.41, 5.74) is 1.28. The zero-order valence-electron chi connectivity index (χ0n) is 5.83. The summed E-state index contributed by atoms with van der Waals surface area (Å²) >= 11 is 8.98. The number of rotatable bonds is 0. The fourth-order valence-corrected chi connectivity index (χ4v) is 1.40. The minimum atomic E-state index is 0.355. The van der Waals surface area contributed by atoms with E-state index in [0.717, 1.165) is 9.99 Å². The number of pyridine rings is 1.